The normalized spacial score (nSPS) is 13.9. The van der Waals surface area contributed by atoms with Crippen molar-refractivity contribution in [3.8, 4) is 0 Å². The number of hydrogen-bond acceptors (Lipinski definition) is 2. The van der Waals surface area contributed by atoms with Crippen LogP contribution >= 0.6 is 0 Å². The van der Waals surface area contributed by atoms with Crippen LogP contribution in [0.2, 0.25) is 0 Å². The Labute approximate surface area is 106 Å². The molecular weight excluding hydrogens is 214 g/mol. The number of rotatable bonds is 6. The SMILES string of the molecule is CC(O)CN(C(=O)CCCC(C)(C)C)C(C)C. The Morgan fingerprint density at radius 1 is 1.24 bits per heavy atom. The monoisotopic (exact) mass is 243 g/mol. The zero-order chi connectivity index (χ0) is 13.6. The van der Waals surface area contributed by atoms with Crippen LogP contribution in [-0.2, 0) is 4.79 Å². The first kappa shape index (κ1) is 16.4. The van der Waals surface area contributed by atoms with Gasteiger partial charge in [-0.25, -0.2) is 0 Å². The number of nitrogens with zero attached hydrogens (tertiary/aromatic N) is 1. The quantitative estimate of drug-likeness (QED) is 0.779. The minimum Gasteiger partial charge on any atom is -0.392 e. The van der Waals surface area contributed by atoms with E-state index in [4.69, 9.17) is 0 Å². The molecule has 0 aliphatic rings. The highest BCUT2D eigenvalue weighted by Crippen LogP contribution is 2.22. The van der Waals surface area contributed by atoms with Gasteiger partial charge in [-0.3, -0.25) is 4.79 Å². The van der Waals surface area contributed by atoms with E-state index in [1.54, 1.807) is 11.8 Å². The molecule has 0 aliphatic carbocycles. The minimum atomic E-state index is -0.455. The third-order valence-corrected chi connectivity index (χ3v) is 2.72. The fourth-order valence-corrected chi connectivity index (χ4v) is 1.80. The van der Waals surface area contributed by atoms with Gasteiger partial charge in [0.05, 0.1) is 6.10 Å². The molecule has 0 saturated heterocycles. The lowest BCUT2D eigenvalue weighted by Gasteiger charge is -2.28. The molecule has 17 heavy (non-hydrogen) atoms. The number of aliphatic hydroxyl groups is 1. The van der Waals surface area contributed by atoms with Gasteiger partial charge in [-0.15, -0.1) is 0 Å². The molecule has 0 aromatic heterocycles. The van der Waals surface area contributed by atoms with Gasteiger partial charge in [0.15, 0.2) is 0 Å². The van der Waals surface area contributed by atoms with Crippen LogP contribution in [0.3, 0.4) is 0 Å². The van der Waals surface area contributed by atoms with Crippen molar-refractivity contribution in [1.82, 2.24) is 4.90 Å². The molecule has 0 aliphatic heterocycles. The van der Waals surface area contributed by atoms with E-state index in [1.807, 2.05) is 13.8 Å². The molecule has 0 saturated carbocycles. The van der Waals surface area contributed by atoms with E-state index < -0.39 is 6.10 Å². The summed E-state index contributed by atoms with van der Waals surface area (Å²) in [5, 5.41) is 9.38. The Bertz CT molecular complexity index is 229. The van der Waals surface area contributed by atoms with Crippen LogP contribution < -0.4 is 0 Å². The van der Waals surface area contributed by atoms with Crippen molar-refractivity contribution in [2.24, 2.45) is 5.41 Å². The second-order valence-corrected chi connectivity index (χ2v) is 6.40. The van der Waals surface area contributed by atoms with Gasteiger partial charge in [0.25, 0.3) is 0 Å². The maximum atomic E-state index is 12.0. The number of amides is 1. The summed E-state index contributed by atoms with van der Waals surface area (Å²) in [5.41, 5.74) is 0.285. The van der Waals surface area contributed by atoms with Crippen LogP contribution in [0.15, 0.2) is 0 Å². The Balaban J connectivity index is 4.16. The first-order valence-corrected chi connectivity index (χ1v) is 6.61. The highest BCUT2D eigenvalue weighted by molar-refractivity contribution is 5.76. The predicted molar refractivity (Wildman–Crippen MR) is 71.8 cm³/mol. The molecule has 0 bridgehead atoms. The molecule has 1 N–H and O–H groups in total. The van der Waals surface area contributed by atoms with E-state index in [9.17, 15) is 9.90 Å². The van der Waals surface area contributed by atoms with Crippen molar-refractivity contribution in [2.75, 3.05) is 6.54 Å². The first-order chi connectivity index (χ1) is 7.63. The fraction of sp³-hybridized carbons (Fsp3) is 0.929. The van der Waals surface area contributed by atoms with Crippen molar-refractivity contribution in [2.45, 2.75) is 73.0 Å². The lowest BCUT2D eigenvalue weighted by molar-refractivity contribution is -0.134. The Hall–Kier alpha value is -0.570. The molecule has 0 rings (SSSR count). The summed E-state index contributed by atoms with van der Waals surface area (Å²) in [6, 6.07) is 0.159. The number of hydrogen-bond donors (Lipinski definition) is 1. The summed E-state index contributed by atoms with van der Waals surface area (Å²) in [5.74, 6) is 0.158. The van der Waals surface area contributed by atoms with Gasteiger partial charge < -0.3 is 10.0 Å². The predicted octanol–water partition coefficient (Wildman–Crippen LogP) is 2.82. The van der Waals surface area contributed by atoms with Crippen LogP contribution in [0.25, 0.3) is 0 Å². The van der Waals surface area contributed by atoms with Gasteiger partial charge in [-0.1, -0.05) is 20.8 Å². The highest BCUT2D eigenvalue weighted by Gasteiger charge is 2.19. The summed E-state index contributed by atoms with van der Waals surface area (Å²) >= 11 is 0. The van der Waals surface area contributed by atoms with Crippen LogP contribution in [0.1, 0.15) is 60.8 Å². The van der Waals surface area contributed by atoms with Crippen molar-refractivity contribution >= 4 is 5.91 Å². The highest BCUT2D eigenvalue weighted by atomic mass is 16.3. The summed E-state index contributed by atoms with van der Waals surface area (Å²) in [6.45, 7) is 12.7. The van der Waals surface area contributed by atoms with Crippen molar-refractivity contribution in [3.63, 3.8) is 0 Å². The summed E-state index contributed by atoms with van der Waals surface area (Å²) in [7, 11) is 0. The van der Waals surface area contributed by atoms with Gasteiger partial charge in [0, 0.05) is 19.0 Å². The summed E-state index contributed by atoms with van der Waals surface area (Å²) in [6.07, 6.45) is 2.11. The standard InChI is InChI=1S/C14H29NO2/c1-11(2)15(10-12(3)16)13(17)8-7-9-14(4,5)6/h11-12,16H,7-10H2,1-6H3. The fourth-order valence-electron chi connectivity index (χ4n) is 1.80. The van der Waals surface area contributed by atoms with E-state index in [0.717, 1.165) is 12.8 Å². The van der Waals surface area contributed by atoms with Crippen molar-refractivity contribution in [3.05, 3.63) is 0 Å². The maximum Gasteiger partial charge on any atom is 0.222 e. The largest absolute Gasteiger partial charge is 0.392 e. The molecule has 0 aromatic rings. The van der Waals surface area contributed by atoms with Gasteiger partial charge in [-0.2, -0.15) is 0 Å². The van der Waals surface area contributed by atoms with Crippen molar-refractivity contribution in [1.29, 1.82) is 0 Å². The molecule has 3 heteroatoms. The number of aliphatic hydroxyl groups excluding tert-OH is 1. The molecule has 0 radical (unpaired) electrons. The van der Waals surface area contributed by atoms with Crippen LogP contribution in [0.4, 0.5) is 0 Å². The molecule has 1 atom stereocenters. The lowest BCUT2D eigenvalue weighted by atomic mass is 9.90. The molecule has 1 amide bonds. The minimum absolute atomic E-state index is 0.158. The molecule has 1 unspecified atom stereocenters. The zero-order valence-corrected chi connectivity index (χ0v) is 12.3. The Morgan fingerprint density at radius 2 is 1.76 bits per heavy atom. The van der Waals surface area contributed by atoms with Gasteiger partial charge in [0.1, 0.15) is 0 Å². The van der Waals surface area contributed by atoms with E-state index in [0.29, 0.717) is 13.0 Å². The van der Waals surface area contributed by atoms with Crippen LogP contribution in [0.5, 0.6) is 0 Å². The average Bonchev–Trinajstić information content (AvgIpc) is 2.11. The Kier molecular flexibility index (Phi) is 6.76. The Morgan fingerprint density at radius 3 is 2.12 bits per heavy atom. The molecule has 3 nitrogen and oxygen atoms in total. The molecule has 0 aromatic carbocycles. The summed E-state index contributed by atoms with van der Waals surface area (Å²) < 4.78 is 0. The van der Waals surface area contributed by atoms with Gasteiger partial charge in [-0.05, 0) is 39.0 Å². The smallest absolute Gasteiger partial charge is 0.222 e. The second-order valence-electron chi connectivity index (χ2n) is 6.40. The number of carbonyl (C=O) groups excluding carboxylic acids is 1. The maximum absolute atomic E-state index is 12.0. The second kappa shape index (κ2) is 7.00. The molecule has 0 heterocycles. The molecule has 102 valence electrons. The van der Waals surface area contributed by atoms with E-state index >= 15 is 0 Å². The van der Waals surface area contributed by atoms with Crippen LogP contribution in [-0.4, -0.2) is 34.6 Å². The van der Waals surface area contributed by atoms with Crippen LogP contribution in [0, 0.1) is 5.41 Å². The molecule has 0 fully saturated rings. The van der Waals surface area contributed by atoms with E-state index in [2.05, 4.69) is 20.8 Å². The third-order valence-electron chi connectivity index (χ3n) is 2.72. The van der Waals surface area contributed by atoms with Gasteiger partial charge >= 0.3 is 0 Å². The molecular formula is C14H29NO2. The summed E-state index contributed by atoms with van der Waals surface area (Å²) in [4.78, 5) is 13.8. The first-order valence-electron chi connectivity index (χ1n) is 6.61. The van der Waals surface area contributed by atoms with Crippen molar-refractivity contribution < 1.29 is 9.90 Å². The van der Waals surface area contributed by atoms with E-state index in [1.165, 1.54) is 0 Å². The van der Waals surface area contributed by atoms with E-state index in [-0.39, 0.29) is 17.4 Å². The zero-order valence-electron chi connectivity index (χ0n) is 12.3. The third kappa shape index (κ3) is 8.19. The lowest BCUT2D eigenvalue weighted by Crippen LogP contribution is -2.41. The number of carbonyl (C=O) groups is 1. The average molecular weight is 243 g/mol. The molecule has 0 spiro atoms. The topological polar surface area (TPSA) is 40.5 Å². The van der Waals surface area contributed by atoms with Gasteiger partial charge in [0.2, 0.25) is 5.91 Å².